The molecule has 4 nitrogen and oxygen atoms in total. The van der Waals surface area contributed by atoms with Crippen LogP contribution in [0.1, 0.15) is 36.8 Å². The number of urea groups is 1. The van der Waals surface area contributed by atoms with E-state index >= 15 is 0 Å². The fourth-order valence-electron chi connectivity index (χ4n) is 4.73. The Hall–Kier alpha value is -1.55. The molecular weight excluding hydrogens is 288 g/mol. The van der Waals surface area contributed by atoms with E-state index in [2.05, 4.69) is 29.6 Å². The summed E-state index contributed by atoms with van der Waals surface area (Å²) >= 11 is 0. The van der Waals surface area contributed by atoms with Crippen molar-refractivity contribution >= 4 is 6.03 Å². The van der Waals surface area contributed by atoms with Gasteiger partial charge < -0.3 is 15.3 Å². The van der Waals surface area contributed by atoms with Gasteiger partial charge in [-0.15, -0.1) is 0 Å². The number of aryl methyl sites for hydroxylation is 1. The lowest BCUT2D eigenvalue weighted by atomic mass is 9.78. The zero-order valence-corrected chi connectivity index (χ0v) is 13.6. The van der Waals surface area contributed by atoms with Crippen molar-refractivity contribution in [2.75, 3.05) is 26.2 Å². The lowest BCUT2D eigenvalue weighted by Gasteiger charge is -2.27. The molecule has 1 aromatic carbocycles. The van der Waals surface area contributed by atoms with Gasteiger partial charge in [-0.05, 0) is 49.1 Å². The summed E-state index contributed by atoms with van der Waals surface area (Å²) < 4.78 is 0. The fourth-order valence-corrected chi connectivity index (χ4v) is 4.73. The average molecular weight is 314 g/mol. The smallest absolute Gasteiger partial charge is 0.317 e. The van der Waals surface area contributed by atoms with Gasteiger partial charge in [-0.25, -0.2) is 4.79 Å². The van der Waals surface area contributed by atoms with Crippen LogP contribution in [0.5, 0.6) is 0 Å². The molecule has 23 heavy (non-hydrogen) atoms. The minimum atomic E-state index is 0.0482. The molecular formula is C19H26N2O2. The SMILES string of the molecule is O=C(NCC1CC12CCCc1ccccc12)N1CCC(CO)C1. The molecule has 1 spiro atoms. The number of rotatable bonds is 3. The zero-order chi connectivity index (χ0) is 15.9. The second kappa shape index (κ2) is 5.82. The van der Waals surface area contributed by atoms with Gasteiger partial charge in [-0.1, -0.05) is 24.3 Å². The number of hydrogen-bond donors (Lipinski definition) is 2. The third-order valence-electron chi connectivity index (χ3n) is 6.19. The van der Waals surface area contributed by atoms with E-state index in [4.69, 9.17) is 0 Å². The molecule has 3 aliphatic rings. The van der Waals surface area contributed by atoms with E-state index in [-0.39, 0.29) is 18.6 Å². The number of aliphatic hydroxyl groups excluding tert-OH is 1. The summed E-state index contributed by atoms with van der Waals surface area (Å²) in [7, 11) is 0. The minimum Gasteiger partial charge on any atom is -0.396 e. The van der Waals surface area contributed by atoms with Crippen molar-refractivity contribution in [3.8, 4) is 0 Å². The molecule has 1 saturated heterocycles. The third-order valence-corrected chi connectivity index (χ3v) is 6.19. The quantitative estimate of drug-likeness (QED) is 0.899. The lowest BCUT2D eigenvalue weighted by molar-refractivity contribution is 0.197. The fraction of sp³-hybridized carbons (Fsp3) is 0.632. The number of nitrogens with zero attached hydrogens (tertiary/aromatic N) is 1. The van der Waals surface area contributed by atoms with E-state index in [1.165, 1.54) is 36.8 Å². The van der Waals surface area contributed by atoms with Crippen LogP contribution in [0, 0.1) is 11.8 Å². The highest BCUT2D eigenvalue weighted by atomic mass is 16.3. The minimum absolute atomic E-state index is 0.0482. The van der Waals surface area contributed by atoms with E-state index in [1.807, 2.05) is 4.90 Å². The highest BCUT2D eigenvalue weighted by molar-refractivity contribution is 5.74. The Balaban J connectivity index is 1.35. The molecule has 1 saturated carbocycles. The number of hydrogen-bond acceptors (Lipinski definition) is 2. The number of aliphatic hydroxyl groups is 1. The first kappa shape index (κ1) is 15.0. The van der Waals surface area contributed by atoms with Gasteiger partial charge in [0, 0.05) is 37.6 Å². The van der Waals surface area contributed by atoms with Gasteiger partial charge in [0.2, 0.25) is 0 Å². The molecule has 4 heteroatoms. The summed E-state index contributed by atoms with van der Waals surface area (Å²) in [5, 5.41) is 12.3. The van der Waals surface area contributed by atoms with Crippen LogP contribution in [-0.4, -0.2) is 42.3 Å². The zero-order valence-electron chi connectivity index (χ0n) is 13.6. The molecule has 1 heterocycles. The molecule has 0 radical (unpaired) electrons. The van der Waals surface area contributed by atoms with E-state index in [0.29, 0.717) is 17.9 Å². The van der Waals surface area contributed by atoms with E-state index in [1.54, 1.807) is 0 Å². The highest BCUT2D eigenvalue weighted by Crippen LogP contribution is 2.59. The largest absolute Gasteiger partial charge is 0.396 e. The second-order valence-electron chi connectivity index (χ2n) is 7.54. The first-order valence-electron chi connectivity index (χ1n) is 8.95. The van der Waals surface area contributed by atoms with Crippen molar-refractivity contribution in [1.82, 2.24) is 10.2 Å². The second-order valence-corrected chi connectivity index (χ2v) is 7.54. The summed E-state index contributed by atoms with van der Waals surface area (Å²) in [5.74, 6) is 0.849. The van der Waals surface area contributed by atoms with E-state index < -0.39 is 0 Å². The predicted molar refractivity (Wildman–Crippen MR) is 89.3 cm³/mol. The standard InChI is InChI=1S/C19H26N2O2/c22-13-14-7-9-21(12-14)18(23)20-11-16-10-19(16)8-3-5-15-4-1-2-6-17(15)19/h1-2,4,6,14,16,22H,3,5,7-13H2,(H,20,23). The van der Waals surface area contributed by atoms with Crippen molar-refractivity contribution in [3.05, 3.63) is 35.4 Å². The normalized spacial score (nSPS) is 32.0. The Kier molecular flexibility index (Phi) is 3.80. The van der Waals surface area contributed by atoms with Crippen molar-refractivity contribution in [2.45, 2.75) is 37.5 Å². The van der Waals surface area contributed by atoms with E-state index in [9.17, 15) is 9.90 Å². The van der Waals surface area contributed by atoms with Gasteiger partial charge in [0.1, 0.15) is 0 Å². The summed E-state index contributed by atoms with van der Waals surface area (Å²) in [4.78, 5) is 14.1. The number of fused-ring (bicyclic) bond motifs is 2. The molecule has 2 amide bonds. The molecule has 2 N–H and O–H groups in total. The summed E-state index contributed by atoms with van der Waals surface area (Å²) in [5.41, 5.74) is 3.38. The topological polar surface area (TPSA) is 52.6 Å². The van der Waals surface area contributed by atoms with Gasteiger partial charge in [0.15, 0.2) is 0 Å². The summed E-state index contributed by atoms with van der Waals surface area (Å²) in [6, 6.07) is 8.90. The summed E-state index contributed by atoms with van der Waals surface area (Å²) in [6.07, 6.45) is 5.87. The molecule has 2 aliphatic carbocycles. The van der Waals surface area contributed by atoms with Crippen molar-refractivity contribution in [1.29, 1.82) is 0 Å². The number of nitrogens with one attached hydrogen (secondary N) is 1. The predicted octanol–water partition coefficient (Wildman–Crippen LogP) is 2.30. The number of benzene rings is 1. The van der Waals surface area contributed by atoms with Crippen molar-refractivity contribution in [2.24, 2.45) is 11.8 Å². The number of likely N-dealkylation sites (tertiary alicyclic amines) is 1. The Morgan fingerprint density at radius 3 is 3.09 bits per heavy atom. The first-order valence-corrected chi connectivity index (χ1v) is 8.95. The molecule has 0 bridgehead atoms. The molecule has 1 aromatic rings. The summed E-state index contributed by atoms with van der Waals surface area (Å²) in [6.45, 7) is 2.44. The molecule has 3 unspecified atom stereocenters. The van der Waals surface area contributed by atoms with Crippen LogP contribution in [0.15, 0.2) is 24.3 Å². The van der Waals surface area contributed by atoms with Crippen LogP contribution in [0.4, 0.5) is 4.79 Å². The van der Waals surface area contributed by atoms with Gasteiger partial charge in [-0.2, -0.15) is 0 Å². The molecule has 124 valence electrons. The van der Waals surface area contributed by atoms with Crippen LogP contribution in [0.3, 0.4) is 0 Å². The molecule has 0 aromatic heterocycles. The van der Waals surface area contributed by atoms with Crippen LogP contribution in [0.25, 0.3) is 0 Å². The maximum absolute atomic E-state index is 12.3. The number of amides is 2. The average Bonchev–Trinajstić information content (AvgIpc) is 3.06. The van der Waals surface area contributed by atoms with Crippen LogP contribution < -0.4 is 5.32 Å². The number of carbonyl (C=O) groups is 1. The molecule has 3 atom stereocenters. The Labute approximate surface area is 137 Å². The van der Waals surface area contributed by atoms with Crippen LogP contribution >= 0.6 is 0 Å². The van der Waals surface area contributed by atoms with Gasteiger partial charge in [0.25, 0.3) is 0 Å². The van der Waals surface area contributed by atoms with Gasteiger partial charge in [0.05, 0.1) is 0 Å². The maximum Gasteiger partial charge on any atom is 0.317 e. The maximum atomic E-state index is 12.3. The highest BCUT2D eigenvalue weighted by Gasteiger charge is 2.56. The van der Waals surface area contributed by atoms with Crippen molar-refractivity contribution in [3.63, 3.8) is 0 Å². The number of carbonyl (C=O) groups excluding carboxylic acids is 1. The van der Waals surface area contributed by atoms with Gasteiger partial charge >= 0.3 is 6.03 Å². The first-order chi connectivity index (χ1) is 11.2. The third kappa shape index (κ3) is 2.63. The van der Waals surface area contributed by atoms with Gasteiger partial charge in [-0.3, -0.25) is 0 Å². The monoisotopic (exact) mass is 314 g/mol. The van der Waals surface area contributed by atoms with Crippen LogP contribution in [-0.2, 0) is 11.8 Å². The van der Waals surface area contributed by atoms with Crippen molar-refractivity contribution < 1.29 is 9.90 Å². The molecule has 1 aliphatic heterocycles. The molecule has 2 fully saturated rings. The lowest BCUT2D eigenvalue weighted by Crippen LogP contribution is -2.40. The Morgan fingerprint density at radius 2 is 2.26 bits per heavy atom. The van der Waals surface area contributed by atoms with Crippen LogP contribution in [0.2, 0.25) is 0 Å². The Bertz CT molecular complexity index is 603. The van der Waals surface area contributed by atoms with E-state index in [0.717, 1.165) is 19.5 Å². The molecule has 4 rings (SSSR count). The Morgan fingerprint density at radius 1 is 1.39 bits per heavy atom.